The van der Waals surface area contributed by atoms with E-state index in [1.807, 2.05) is 52.3 Å². The number of ether oxygens (including phenoxy) is 1. The molecule has 5 rings (SSSR count). The van der Waals surface area contributed by atoms with Crippen molar-refractivity contribution in [1.29, 1.82) is 0 Å². The number of nitrogens with two attached hydrogens (primary N) is 1. The van der Waals surface area contributed by atoms with Gasteiger partial charge in [0.1, 0.15) is 29.1 Å². The first-order chi connectivity index (χ1) is 28.0. The summed E-state index contributed by atoms with van der Waals surface area (Å²) in [5, 5.41) is 48.4. The van der Waals surface area contributed by atoms with Crippen LogP contribution in [0.25, 0.3) is 28.3 Å². The molecule has 2 aromatic carbocycles. The zero-order valence-electron chi connectivity index (χ0n) is 35.2. The zero-order chi connectivity index (χ0) is 43.6. The molecule has 3 heterocycles. The molecule has 0 amide bonds. The average molecular weight is 837 g/mol. The number of carbonyl (C=O) groups is 2. The molecule has 314 valence electrons. The third-order valence-corrected chi connectivity index (χ3v) is 9.44. The molecule has 0 radical (unpaired) electrons. The van der Waals surface area contributed by atoms with Crippen LogP contribution in [0.1, 0.15) is 97.7 Å². The number of aliphatic hydroxyl groups is 3. The molecule has 5 aromatic rings. The number of hydrogen-bond acceptors (Lipinski definition) is 12. The number of carboxylic acid groups (broad SMARTS) is 1. The molecule has 0 aliphatic heterocycles. The number of nitrogen functional groups attached to an aromatic ring is 1. The number of methoxy groups -OCH3 is 1. The number of aryl methyl sites for hydroxylation is 1. The second-order valence-corrected chi connectivity index (χ2v) is 14.4. The van der Waals surface area contributed by atoms with Gasteiger partial charge in [-0.1, -0.05) is 64.1 Å². The summed E-state index contributed by atoms with van der Waals surface area (Å²) in [6.07, 6.45) is 1.91. The number of nitrogens with one attached hydrogen (secondary N) is 1. The van der Waals surface area contributed by atoms with E-state index in [2.05, 4.69) is 15.4 Å². The number of aliphatic hydroxyl groups excluding tert-OH is 3. The largest absolute Gasteiger partial charge is 1.00 e. The number of anilines is 3. The van der Waals surface area contributed by atoms with Gasteiger partial charge in [-0.05, 0) is 66.6 Å². The van der Waals surface area contributed by atoms with Crippen molar-refractivity contribution < 1.29 is 73.1 Å². The number of nitrogens with zero attached hydrogens (tertiary/aromatic N) is 4. The first kappa shape index (κ1) is 49.3. The second kappa shape index (κ2) is 22.5. The minimum absolute atomic E-state index is 0. The van der Waals surface area contributed by atoms with Gasteiger partial charge in [-0.15, -0.1) is 0 Å². The first-order valence-electron chi connectivity index (χ1n) is 19.1. The number of benzene rings is 2. The number of pyridine rings is 2. The van der Waals surface area contributed by atoms with E-state index in [0.29, 0.717) is 34.7 Å². The van der Waals surface area contributed by atoms with Crippen LogP contribution in [-0.4, -0.2) is 66.3 Å². The summed E-state index contributed by atoms with van der Waals surface area (Å²) >= 11 is 0. The molecule has 0 unspecified atom stereocenters. The average Bonchev–Trinajstić information content (AvgIpc) is 3.64. The Morgan fingerprint density at radius 3 is 2.00 bits per heavy atom. The summed E-state index contributed by atoms with van der Waals surface area (Å²) in [4.78, 5) is 32.2. The Morgan fingerprint density at radius 1 is 0.933 bits per heavy atom. The van der Waals surface area contributed by atoms with Gasteiger partial charge in [0.15, 0.2) is 0 Å². The summed E-state index contributed by atoms with van der Waals surface area (Å²) in [5.41, 5.74) is 11.9. The van der Waals surface area contributed by atoms with E-state index in [-0.39, 0.29) is 65.0 Å². The number of carbonyl (C=O) groups excluding carboxylic acids is 2. The number of aromatic nitrogens is 4. The Labute approximate surface area is 370 Å². The van der Waals surface area contributed by atoms with Crippen LogP contribution in [0.3, 0.4) is 0 Å². The zero-order valence-corrected chi connectivity index (χ0v) is 37.2. The maximum atomic E-state index is 13.7. The van der Waals surface area contributed by atoms with Crippen LogP contribution in [0, 0.1) is 18.6 Å². The SMILES string of the molecule is CCn1nccc1Nc1nc(C(C)C)c(/C=C/[C@@H](O)C[C@@H](O)CC(=O)[O-])c(-c2ccc(F)cc2)c1C.COC(=O)c1c(C(C)C)nc(N)c(CO)c1-c1ccc(F)cc1.[Na+]. The van der Waals surface area contributed by atoms with E-state index < -0.39 is 43.0 Å². The van der Waals surface area contributed by atoms with Crippen LogP contribution in [0.5, 0.6) is 0 Å². The number of carboxylic acids is 1. The van der Waals surface area contributed by atoms with Crippen LogP contribution < -0.4 is 45.7 Å². The molecule has 16 heteroatoms. The quantitative estimate of drug-likeness (QED) is 0.0760. The van der Waals surface area contributed by atoms with Crippen LogP contribution in [0.2, 0.25) is 0 Å². The summed E-state index contributed by atoms with van der Waals surface area (Å²) in [5.74, 6) is -1.23. The van der Waals surface area contributed by atoms with Gasteiger partial charge >= 0.3 is 35.5 Å². The Bertz CT molecular complexity index is 2270. The number of rotatable bonds is 15. The fraction of sp³-hybridized carbons (Fsp3) is 0.341. The van der Waals surface area contributed by atoms with Gasteiger partial charge in [0.05, 0.1) is 49.1 Å². The summed E-state index contributed by atoms with van der Waals surface area (Å²) in [6.45, 7) is 12.0. The van der Waals surface area contributed by atoms with Crippen molar-refractivity contribution in [2.24, 2.45) is 0 Å². The third-order valence-electron chi connectivity index (χ3n) is 9.44. The van der Waals surface area contributed by atoms with Crippen LogP contribution in [0.15, 0.2) is 66.9 Å². The standard InChI is InChI=1S/C27H33FN4O4.C17H19FN2O3.Na/c1-5-32-23(12-13-29-32)30-27-17(4)25(18-6-8-19(28)9-7-18)22(26(31-27)16(2)3)11-10-20(33)14-21(34)15-24(35)36;1-9(2)15-14(17(22)23-3)13(12(8-21)16(19)20-15)10-4-6-11(18)7-5-10;/h6-13,16,20-21,33-34H,5,14-15H2,1-4H3,(H,30,31)(H,35,36);4-7,9,21H,8H2,1-3H3,(H2,19,20);/q;;+1/p-1/b11-10+;;/t20-,21-;;/m1../s1. The molecule has 6 N–H and O–H groups in total. The Kier molecular flexibility index (Phi) is 18.5. The Hall–Kier alpha value is -5.03. The van der Waals surface area contributed by atoms with E-state index in [9.17, 15) is 38.8 Å². The molecule has 0 aliphatic carbocycles. The minimum atomic E-state index is -1.38. The molecule has 0 saturated heterocycles. The number of aliphatic carboxylic acids is 1. The van der Waals surface area contributed by atoms with E-state index in [1.165, 1.54) is 49.6 Å². The predicted molar refractivity (Wildman–Crippen MR) is 220 cm³/mol. The van der Waals surface area contributed by atoms with Crippen molar-refractivity contribution in [1.82, 2.24) is 19.7 Å². The first-order valence-corrected chi connectivity index (χ1v) is 19.1. The summed E-state index contributed by atoms with van der Waals surface area (Å²) < 4.78 is 33.7. The van der Waals surface area contributed by atoms with Gasteiger partial charge in [0, 0.05) is 53.7 Å². The van der Waals surface area contributed by atoms with Crippen molar-refractivity contribution in [3.8, 4) is 22.3 Å². The molecule has 2 atom stereocenters. The summed E-state index contributed by atoms with van der Waals surface area (Å²) in [7, 11) is 1.27. The molecule has 3 aromatic heterocycles. The topological polar surface area (TPSA) is 209 Å². The summed E-state index contributed by atoms with van der Waals surface area (Å²) in [6, 6.07) is 13.6. The minimum Gasteiger partial charge on any atom is -0.550 e. The maximum absolute atomic E-state index is 13.7. The Morgan fingerprint density at radius 2 is 1.50 bits per heavy atom. The Balaban J connectivity index is 0.000000346. The molecule has 0 aliphatic rings. The van der Waals surface area contributed by atoms with Crippen molar-refractivity contribution in [3.63, 3.8) is 0 Å². The van der Waals surface area contributed by atoms with Crippen molar-refractivity contribution in [3.05, 3.63) is 112 Å². The molecule has 0 bridgehead atoms. The normalized spacial score (nSPS) is 12.2. The smallest absolute Gasteiger partial charge is 0.550 e. The monoisotopic (exact) mass is 836 g/mol. The molecule has 0 fully saturated rings. The van der Waals surface area contributed by atoms with E-state index >= 15 is 0 Å². The molecule has 13 nitrogen and oxygen atoms in total. The predicted octanol–water partition coefficient (Wildman–Crippen LogP) is 3.42. The van der Waals surface area contributed by atoms with E-state index in [0.717, 1.165) is 33.8 Å². The fourth-order valence-electron chi connectivity index (χ4n) is 6.57. The second-order valence-electron chi connectivity index (χ2n) is 14.4. The van der Waals surface area contributed by atoms with Crippen molar-refractivity contribution in [2.45, 2.75) is 91.6 Å². The number of hydrogen-bond donors (Lipinski definition) is 5. The molecular weight excluding hydrogens is 786 g/mol. The fourth-order valence-corrected chi connectivity index (χ4v) is 6.57. The molecular formula is C44H51F2N6NaO7. The number of halogens is 2. The van der Waals surface area contributed by atoms with Gasteiger partial charge in [0.25, 0.3) is 0 Å². The molecule has 0 saturated carbocycles. The van der Waals surface area contributed by atoms with Crippen LogP contribution in [0.4, 0.5) is 26.2 Å². The van der Waals surface area contributed by atoms with E-state index in [1.54, 1.807) is 24.4 Å². The van der Waals surface area contributed by atoms with Gasteiger partial charge in [-0.2, -0.15) is 5.10 Å². The van der Waals surface area contributed by atoms with Crippen LogP contribution in [-0.2, 0) is 22.7 Å². The third kappa shape index (κ3) is 12.3. The number of esters is 1. The molecule has 0 spiro atoms. The van der Waals surface area contributed by atoms with E-state index in [4.69, 9.17) is 15.5 Å². The maximum Gasteiger partial charge on any atom is 1.00 e. The van der Waals surface area contributed by atoms with Gasteiger partial charge in [-0.3, -0.25) is 0 Å². The van der Waals surface area contributed by atoms with Gasteiger partial charge < -0.3 is 41.0 Å². The van der Waals surface area contributed by atoms with Crippen molar-refractivity contribution in [2.75, 3.05) is 18.2 Å². The molecule has 60 heavy (non-hydrogen) atoms. The van der Waals surface area contributed by atoms with Crippen LogP contribution >= 0.6 is 0 Å². The van der Waals surface area contributed by atoms with Gasteiger partial charge in [-0.25, -0.2) is 28.2 Å². The van der Waals surface area contributed by atoms with Gasteiger partial charge in [0.2, 0.25) is 0 Å². The van der Waals surface area contributed by atoms with Crippen molar-refractivity contribution >= 4 is 35.5 Å².